The van der Waals surface area contributed by atoms with Gasteiger partial charge in [0.1, 0.15) is 17.8 Å². The number of hydrogen-bond acceptors (Lipinski definition) is 7. The van der Waals surface area contributed by atoms with Gasteiger partial charge in [-0.25, -0.2) is 9.97 Å². The van der Waals surface area contributed by atoms with E-state index >= 15 is 0 Å². The second-order valence-corrected chi connectivity index (χ2v) is 5.11. The summed E-state index contributed by atoms with van der Waals surface area (Å²) in [6, 6.07) is 9.88. The van der Waals surface area contributed by atoms with Crippen molar-refractivity contribution in [3.05, 3.63) is 48.0 Å². The fourth-order valence-electron chi connectivity index (χ4n) is 2.10. The molecule has 4 N–H and O–H groups in total. The molecule has 0 bridgehead atoms. The molecule has 0 aliphatic carbocycles. The summed E-state index contributed by atoms with van der Waals surface area (Å²) >= 11 is 0. The number of anilines is 5. The third-order valence-corrected chi connectivity index (χ3v) is 3.38. The molecule has 1 aromatic carbocycles. The highest BCUT2D eigenvalue weighted by molar-refractivity contribution is 5.79. The summed E-state index contributed by atoms with van der Waals surface area (Å²) in [6.07, 6.45) is 2.44. The molecule has 0 unspecified atom stereocenters. The third kappa shape index (κ3) is 3.39. The minimum absolute atomic E-state index is 0.410. The van der Waals surface area contributed by atoms with Gasteiger partial charge in [0, 0.05) is 11.8 Å². The Morgan fingerprint density at radius 3 is 2.39 bits per heavy atom. The number of rotatable bonds is 5. The van der Waals surface area contributed by atoms with E-state index < -0.39 is 0 Å². The van der Waals surface area contributed by atoms with Crippen LogP contribution < -0.4 is 16.4 Å². The Kier molecular flexibility index (Phi) is 4.09. The summed E-state index contributed by atoms with van der Waals surface area (Å²) < 4.78 is 5.01. The summed E-state index contributed by atoms with van der Waals surface area (Å²) in [4.78, 5) is 8.34. The molecular weight excluding hydrogens is 292 g/mol. The first kappa shape index (κ1) is 14.8. The molecule has 0 aliphatic heterocycles. The molecule has 0 fully saturated rings. The Balaban J connectivity index is 1.81. The maximum atomic E-state index is 6.13. The van der Waals surface area contributed by atoms with Crippen LogP contribution in [0, 0.1) is 6.92 Å². The zero-order valence-electron chi connectivity index (χ0n) is 13.0. The van der Waals surface area contributed by atoms with Gasteiger partial charge in [-0.1, -0.05) is 24.2 Å². The Hall–Kier alpha value is -3.09. The molecular formula is C16H18N6O. The van der Waals surface area contributed by atoms with E-state index in [9.17, 15) is 0 Å². The van der Waals surface area contributed by atoms with E-state index in [1.807, 2.05) is 19.1 Å². The molecule has 2 aromatic heterocycles. The first-order valence-electron chi connectivity index (χ1n) is 7.32. The normalized spacial score (nSPS) is 10.5. The summed E-state index contributed by atoms with van der Waals surface area (Å²) in [6.45, 7) is 3.93. The van der Waals surface area contributed by atoms with Gasteiger partial charge in [0.15, 0.2) is 17.5 Å². The summed E-state index contributed by atoms with van der Waals surface area (Å²) in [5.74, 6) is 2.26. The van der Waals surface area contributed by atoms with Crippen molar-refractivity contribution in [2.75, 3.05) is 16.4 Å². The Labute approximate surface area is 133 Å². The van der Waals surface area contributed by atoms with E-state index in [0.29, 0.717) is 28.9 Å². The highest BCUT2D eigenvalue weighted by Gasteiger charge is 2.10. The van der Waals surface area contributed by atoms with Gasteiger partial charge in [-0.15, -0.1) is 0 Å². The fraction of sp³-hybridized carbons (Fsp3) is 0.188. The fourth-order valence-corrected chi connectivity index (χ4v) is 2.10. The highest BCUT2D eigenvalue weighted by Crippen LogP contribution is 2.28. The van der Waals surface area contributed by atoms with Gasteiger partial charge < -0.3 is 20.9 Å². The number of nitrogens with zero attached hydrogens (tertiary/aromatic N) is 3. The molecule has 0 atom stereocenters. The first-order valence-corrected chi connectivity index (χ1v) is 7.32. The predicted molar refractivity (Wildman–Crippen MR) is 90.1 cm³/mol. The highest BCUT2D eigenvalue weighted by atomic mass is 16.5. The lowest BCUT2D eigenvalue weighted by Crippen LogP contribution is -2.05. The molecule has 3 rings (SSSR count). The summed E-state index contributed by atoms with van der Waals surface area (Å²) in [5, 5.41) is 10.1. The standard InChI is InChI=1S/C16H18N6O/c1-3-11-4-6-12(7-5-11)20-15-14(17)16(19-9-18-15)21-13-8-10(2)23-22-13/h4-9H,3,17H2,1-2H3,(H2,18,19,20,21,22). The van der Waals surface area contributed by atoms with Crippen molar-refractivity contribution in [1.29, 1.82) is 0 Å². The number of benzene rings is 1. The van der Waals surface area contributed by atoms with Crippen LogP contribution in [0.2, 0.25) is 0 Å². The van der Waals surface area contributed by atoms with Crippen LogP contribution in [-0.2, 0) is 6.42 Å². The maximum Gasteiger partial charge on any atom is 0.175 e. The zero-order valence-corrected chi connectivity index (χ0v) is 13.0. The van der Waals surface area contributed by atoms with Crippen LogP contribution in [0.15, 0.2) is 41.2 Å². The van der Waals surface area contributed by atoms with Crippen molar-refractivity contribution in [2.45, 2.75) is 20.3 Å². The summed E-state index contributed by atoms with van der Waals surface area (Å²) in [5.41, 5.74) is 8.73. The van der Waals surface area contributed by atoms with Gasteiger partial charge in [0.2, 0.25) is 0 Å². The smallest absolute Gasteiger partial charge is 0.175 e. The van der Waals surface area contributed by atoms with Gasteiger partial charge in [-0.3, -0.25) is 0 Å². The molecule has 3 aromatic rings. The van der Waals surface area contributed by atoms with Crippen LogP contribution in [0.1, 0.15) is 18.2 Å². The number of aromatic nitrogens is 3. The topological polar surface area (TPSA) is 102 Å². The van der Waals surface area contributed by atoms with Gasteiger partial charge in [0.05, 0.1) is 0 Å². The second-order valence-electron chi connectivity index (χ2n) is 5.11. The minimum atomic E-state index is 0.410. The molecule has 2 heterocycles. The van der Waals surface area contributed by atoms with E-state index in [2.05, 4.69) is 44.8 Å². The summed E-state index contributed by atoms with van der Waals surface area (Å²) in [7, 11) is 0. The van der Waals surface area contributed by atoms with E-state index in [0.717, 1.165) is 12.1 Å². The van der Waals surface area contributed by atoms with E-state index in [-0.39, 0.29) is 0 Å². The van der Waals surface area contributed by atoms with E-state index in [4.69, 9.17) is 10.3 Å². The van der Waals surface area contributed by atoms with E-state index in [1.165, 1.54) is 11.9 Å². The third-order valence-electron chi connectivity index (χ3n) is 3.38. The Bertz CT molecular complexity index is 797. The molecule has 0 amide bonds. The van der Waals surface area contributed by atoms with E-state index in [1.54, 1.807) is 6.07 Å². The first-order chi connectivity index (χ1) is 11.2. The van der Waals surface area contributed by atoms with Gasteiger partial charge in [0.25, 0.3) is 0 Å². The van der Waals surface area contributed by atoms with Crippen molar-refractivity contribution in [2.24, 2.45) is 0 Å². The van der Waals surface area contributed by atoms with Crippen LogP contribution in [0.5, 0.6) is 0 Å². The lowest BCUT2D eigenvalue weighted by Gasteiger charge is -2.11. The number of hydrogen-bond donors (Lipinski definition) is 3. The van der Waals surface area contributed by atoms with Crippen molar-refractivity contribution in [3.8, 4) is 0 Å². The molecule has 0 saturated heterocycles. The van der Waals surface area contributed by atoms with Crippen molar-refractivity contribution < 1.29 is 4.52 Å². The van der Waals surface area contributed by atoms with Crippen LogP contribution >= 0.6 is 0 Å². The predicted octanol–water partition coefficient (Wildman–Crippen LogP) is 3.40. The molecule has 7 heteroatoms. The van der Waals surface area contributed by atoms with Crippen molar-refractivity contribution in [3.63, 3.8) is 0 Å². The molecule has 0 radical (unpaired) electrons. The zero-order chi connectivity index (χ0) is 16.2. The second kappa shape index (κ2) is 6.35. The molecule has 23 heavy (non-hydrogen) atoms. The number of nitrogens with two attached hydrogens (primary N) is 1. The molecule has 0 aliphatic rings. The number of nitrogens with one attached hydrogen (secondary N) is 2. The van der Waals surface area contributed by atoms with Gasteiger partial charge in [-0.05, 0) is 31.0 Å². The largest absolute Gasteiger partial charge is 0.393 e. The van der Waals surface area contributed by atoms with Crippen LogP contribution in [0.4, 0.5) is 28.8 Å². The molecule has 7 nitrogen and oxygen atoms in total. The number of nitrogen functional groups attached to an aromatic ring is 1. The van der Waals surface area contributed by atoms with Gasteiger partial charge in [-0.2, -0.15) is 0 Å². The van der Waals surface area contributed by atoms with Crippen LogP contribution in [0.25, 0.3) is 0 Å². The number of aryl methyl sites for hydroxylation is 2. The minimum Gasteiger partial charge on any atom is -0.393 e. The SMILES string of the molecule is CCc1ccc(Nc2ncnc(Nc3cc(C)on3)c2N)cc1. The Morgan fingerprint density at radius 2 is 1.78 bits per heavy atom. The van der Waals surface area contributed by atoms with Gasteiger partial charge >= 0.3 is 0 Å². The van der Waals surface area contributed by atoms with Crippen LogP contribution in [-0.4, -0.2) is 15.1 Å². The van der Waals surface area contributed by atoms with Crippen LogP contribution in [0.3, 0.4) is 0 Å². The molecule has 0 saturated carbocycles. The monoisotopic (exact) mass is 310 g/mol. The lowest BCUT2D eigenvalue weighted by molar-refractivity contribution is 0.400. The van der Waals surface area contributed by atoms with Crippen molar-refractivity contribution in [1.82, 2.24) is 15.1 Å². The van der Waals surface area contributed by atoms with Crippen molar-refractivity contribution >= 4 is 28.8 Å². The lowest BCUT2D eigenvalue weighted by atomic mass is 10.1. The average Bonchev–Trinajstić information content (AvgIpc) is 2.97. The maximum absolute atomic E-state index is 6.13. The average molecular weight is 310 g/mol. The molecule has 118 valence electrons. The Morgan fingerprint density at radius 1 is 1.09 bits per heavy atom. The molecule has 0 spiro atoms. The quantitative estimate of drug-likeness (QED) is 0.663.